The summed E-state index contributed by atoms with van der Waals surface area (Å²) in [7, 11) is 0. The van der Waals surface area contributed by atoms with E-state index in [1.807, 2.05) is 34.7 Å². The lowest BCUT2D eigenvalue weighted by Crippen LogP contribution is -2.48. The zero-order chi connectivity index (χ0) is 16.7. The van der Waals surface area contributed by atoms with E-state index in [2.05, 4.69) is 28.7 Å². The molecular weight excluding hydrogens is 320 g/mol. The molecule has 6 heteroatoms. The number of amides is 1. The molecule has 0 saturated carbocycles. The number of piperazine rings is 1. The minimum absolute atomic E-state index is 0.119. The van der Waals surface area contributed by atoms with E-state index in [0.717, 1.165) is 53.5 Å². The maximum atomic E-state index is 12.8. The molecule has 1 aromatic carbocycles. The van der Waals surface area contributed by atoms with Crippen LogP contribution in [0.25, 0.3) is 10.9 Å². The van der Waals surface area contributed by atoms with Gasteiger partial charge in [0.05, 0.1) is 0 Å². The Morgan fingerprint density at radius 2 is 2.00 bits per heavy atom. The molecule has 3 heterocycles. The predicted molar refractivity (Wildman–Crippen MR) is 98.0 cm³/mol. The highest BCUT2D eigenvalue weighted by Gasteiger charge is 2.23. The number of aromatic amines is 1. The van der Waals surface area contributed by atoms with Crippen LogP contribution in [0.2, 0.25) is 0 Å². The fourth-order valence-corrected chi connectivity index (χ4v) is 3.95. The Labute approximate surface area is 144 Å². The standard InChI is InChI=1S/C18H20N4OS/c1-12-13(2)20-16-4-3-14(11-15(12)16)17(23)21-6-8-22(9-7-21)18-19-5-10-24-18/h3-5,10-11,20H,6-9H2,1-2H3. The van der Waals surface area contributed by atoms with Gasteiger partial charge in [-0.25, -0.2) is 4.98 Å². The normalized spacial score (nSPS) is 15.2. The van der Waals surface area contributed by atoms with Gasteiger partial charge in [-0.15, -0.1) is 11.3 Å². The van der Waals surface area contributed by atoms with Crippen molar-refractivity contribution < 1.29 is 4.79 Å². The molecule has 0 bridgehead atoms. The summed E-state index contributed by atoms with van der Waals surface area (Å²) in [5.41, 5.74) is 4.24. The monoisotopic (exact) mass is 340 g/mol. The molecule has 0 unspecified atom stereocenters. The molecule has 1 amide bonds. The van der Waals surface area contributed by atoms with Crippen LogP contribution in [0.4, 0.5) is 5.13 Å². The average Bonchev–Trinajstić information content (AvgIpc) is 3.24. The fraction of sp³-hybridized carbons (Fsp3) is 0.333. The van der Waals surface area contributed by atoms with Crippen molar-refractivity contribution in [3.05, 3.63) is 46.6 Å². The summed E-state index contributed by atoms with van der Waals surface area (Å²) in [5, 5.41) is 4.17. The molecule has 4 rings (SSSR count). The van der Waals surface area contributed by atoms with E-state index < -0.39 is 0 Å². The first-order valence-corrected chi connectivity index (χ1v) is 9.04. The quantitative estimate of drug-likeness (QED) is 0.779. The van der Waals surface area contributed by atoms with E-state index in [-0.39, 0.29) is 5.91 Å². The van der Waals surface area contributed by atoms with Crippen molar-refractivity contribution in [3.63, 3.8) is 0 Å². The zero-order valence-electron chi connectivity index (χ0n) is 13.9. The number of carbonyl (C=O) groups excluding carboxylic acids is 1. The minimum atomic E-state index is 0.119. The number of rotatable bonds is 2. The van der Waals surface area contributed by atoms with Crippen molar-refractivity contribution in [2.24, 2.45) is 0 Å². The average molecular weight is 340 g/mol. The van der Waals surface area contributed by atoms with Crippen molar-refractivity contribution in [3.8, 4) is 0 Å². The molecule has 124 valence electrons. The molecule has 1 N–H and O–H groups in total. The van der Waals surface area contributed by atoms with Crippen molar-refractivity contribution in [2.45, 2.75) is 13.8 Å². The lowest BCUT2D eigenvalue weighted by Gasteiger charge is -2.34. The van der Waals surface area contributed by atoms with Crippen LogP contribution < -0.4 is 4.90 Å². The van der Waals surface area contributed by atoms with Crippen LogP contribution in [-0.2, 0) is 0 Å². The topological polar surface area (TPSA) is 52.2 Å². The second-order valence-corrected chi connectivity index (χ2v) is 7.10. The number of fused-ring (bicyclic) bond motifs is 1. The summed E-state index contributed by atoms with van der Waals surface area (Å²) < 4.78 is 0. The summed E-state index contributed by atoms with van der Waals surface area (Å²) in [6, 6.07) is 5.95. The van der Waals surface area contributed by atoms with E-state index in [1.54, 1.807) is 11.3 Å². The number of carbonyl (C=O) groups is 1. The molecule has 1 saturated heterocycles. The van der Waals surface area contributed by atoms with Crippen molar-refractivity contribution in [2.75, 3.05) is 31.1 Å². The van der Waals surface area contributed by atoms with Crippen LogP contribution in [0.1, 0.15) is 21.6 Å². The SMILES string of the molecule is Cc1[nH]c2ccc(C(=O)N3CCN(c4nccs4)CC3)cc2c1C. The summed E-state index contributed by atoms with van der Waals surface area (Å²) in [5.74, 6) is 0.119. The molecule has 2 aromatic heterocycles. The first-order chi connectivity index (χ1) is 11.6. The second kappa shape index (κ2) is 5.94. The Balaban J connectivity index is 1.51. The Morgan fingerprint density at radius 1 is 1.21 bits per heavy atom. The number of aromatic nitrogens is 2. The number of aryl methyl sites for hydroxylation is 2. The molecule has 0 aliphatic carbocycles. The van der Waals surface area contributed by atoms with Crippen LogP contribution in [-0.4, -0.2) is 47.0 Å². The summed E-state index contributed by atoms with van der Waals surface area (Å²) in [6.45, 7) is 7.31. The zero-order valence-corrected chi connectivity index (χ0v) is 14.7. The smallest absolute Gasteiger partial charge is 0.253 e. The molecule has 1 fully saturated rings. The van der Waals surface area contributed by atoms with Gasteiger partial charge in [0.15, 0.2) is 5.13 Å². The first-order valence-electron chi connectivity index (χ1n) is 8.16. The summed E-state index contributed by atoms with van der Waals surface area (Å²) in [4.78, 5) is 24.7. The molecule has 3 aromatic rings. The Bertz CT molecular complexity index is 876. The fourth-order valence-electron chi connectivity index (χ4n) is 3.25. The number of thiazole rings is 1. The molecule has 5 nitrogen and oxygen atoms in total. The van der Waals surface area contributed by atoms with Crippen LogP contribution in [0.3, 0.4) is 0 Å². The lowest BCUT2D eigenvalue weighted by molar-refractivity contribution is 0.0747. The second-order valence-electron chi connectivity index (χ2n) is 6.23. The largest absolute Gasteiger partial charge is 0.358 e. The van der Waals surface area contributed by atoms with Crippen LogP contribution in [0.15, 0.2) is 29.8 Å². The van der Waals surface area contributed by atoms with Gasteiger partial charge in [-0.2, -0.15) is 0 Å². The Hall–Kier alpha value is -2.34. The lowest BCUT2D eigenvalue weighted by atomic mass is 10.1. The maximum absolute atomic E-state index is 12.8. The molecule has 0 spiro atoms. The van der Waals surface area contributed by atoms with E-state index in [9.17, 15) is 4.79 Å². The van der Waals surface area contributed by atoms with Crippen molar-refractivity contribution >= 4 is 33.3 Å². The van der Waals surface area contributed by atoms with Crippen LogP contribution in [0.5, 0.6) is 0 Å². The van der Waals surface area contributed by atoms with Gasteiger partial charge in [0.25, 0.3) is 5.91 Å². The maximum Gasteiger partial charge on any atom is 0.253 e. The third-order valence-electron chi connectivity index (χ3n) is 4.81. The molecule has 1 aliphatic heterocycles. The van der Waals surface area contributed by atoms with Gasteiger partial charge in [0.2, 0.25) is 0 Å². The van der Waals surface area contributed by atoms with Crippen LogP contribution in [0, 0.1) is 13.8 Å². The number of H-pyrrole nitrogens is 1. The highest BCUT2D eigenvalue weighted by atomic mass is 32.1. The number of nitrogens with zero attached hydrogens (tertiary/aromatic N) is 3. The van der Waals surface area contributed by atoms with Gasteiger partial charge in [-0.1, -0.05) is 0 Å². The number of hydrogen-bond donors (Lipinski definition) is 1. The highest BCUT2D eigenvalue weighted by molar-refractivity contribution is 7.13. The predicted octanol–water partition coefficient (Wildman–Crippen LogP) is 3.20. The summed E-state index contributed by atoms with van der Waals surface area (Å²) >= 11 is 1.65. The van der Waals surface area contributed by atoms with Gasteiger partial charge in [0.1, 0.15) is 0 Å². The van der Waals surface area contributed by atoms with E-state index in [0.29, 0.717) is 0 Å². The van der Waals surface area contributed by atoms with E-state index in [4.69, 9.17) is 0 Å². The molecule has 0 atom stereocenters. The first kappa shape index (κ1) is 15.2. The van der Waals surface area contributed by atoms with Crippen LogP contribution >= 0.6 is 11.3 Å². The minimum Gasteiger partial charge on any atom is -0.358 e. The number of hydrogen-bond acceptors (Lipinski definition) is 4. The van der Waals surface area contributed by atoms with Crippen molar-refractivity contribution in [1.82, 2.24) is 14.9 Å². The van der Waals surface area contributed by atoms with Gasteiger partial charge < -0.3 is 14.8 Å². The highest BCUT2D eigenvalue weighted by Crippen LogP contribution is 2.24. The Morgan fingerprint density at radius 3 is 2.71 bits per heavy atom. The van der Waals surface area contributed by atoms with Gasteiger partial charge in [-0.3, -0.25) is 4.79 Å². The number of nitrogens with one attached hydrogen (secondary N) is 1. The van der Waals surface area contributed by atoms with Crippen molar-refractivity contribution in [1.29, 1.82) is 0 Å². The molecule has 0 radical (unpaired) electrons. The third-order valence-corrected chi connectivity index (χ3v) is 5.64. The molecule has 1 aliphatic rings. The number of benzene rings is 1. The van der Waals surface area contributed by atoms with Gasteiger partial charge in [-0.05, 0) is 37.6 Å². The number of anilines is 1. The summed E-state index contributed by atoms with van der Waals surface area (Å²) in [6.07, 6.45) is 1.83. The Kier molecular flexibility index (Phi) is 3.76. The molecule has 24 heavy (non-hydrogen) atoms. The van der Waals surface area contributed by atoms with E-state index in [1.165, 1.54) is 5.56 Å². The van der Waals surface area contributed by atoms with Gasteiger partial charge in [0, 0.05) is 59.9 Å². The van der Waals surface area contributed by atoms with E-state index >= 15 is 0 Å². The third kappa shape index (κ3) is 2.57. The molecular formula is C18H20N4OS. The van der Waals surface area contributed by atoms with Gasteiger partial charge >= 0.3 is 0 Å².